The average Bonchev–Trinajstić information content (AvgIpc) is 2.61. The number of anilines is 1. The molecule has 0 bridgehead atoms. The second kappa shape index (κ2) is 6.84. The number of hydrogen-bond acceptors (Lipinski definition) is 3. The zero-order valence-electron chi connectivity index (χ0n) is 13.0. The van der Waals surface area contributed by atoms with Crippen LogP contribution in [0.4, 0.5) is 5.69 Å². The van der Waals surface area contributed by atoms with Crippen LogP contribution in [0.15, 0.2) is 59.6 Å². The van der Waals surface area contributed by atoms with Crippen LogP contribution < -0.4 is 4.90 Å². The average molecular weight is 316 g/mol. The van der Waals surface area contributed by atoms with E-state index in [-0.39, 0.29) is 11.7 Å². The lowest BCUT2D eigenvalue weighted by Crippen LogP contribution is -2.39. The van der Waals surface area contributed by atoms with E-state index in [0.717, 1.165) is 16.8 Å². The first-order chi connectivity index (χ1) is 11.7. The topological polar surface area (TPSA) is 52.9 Å². The van der Waals surface area contributed by atoms with Crippen molar-refractivity contribution in [2.24, 2.45) is 4.99 Å². The number of amidine groups is 1. The SMILES string of the molecule is C#Cc1ccc(N2C(=O)CCN=C2C=Cc2ccc(O)cc2)cc1. The number of rotatable bonds is 3. The van der Waals surface area contributed by atoms with Crippen LogP contribution in [0.2, 0.25) is 0 Å². The number of terminal acetylenes is 1. The third-order valence-corrected chi connectivity index (χ3v) is 3.69. The standard InChI is InChI=1S/C20H16N2O2/c1-2-15-3-8-17(9-4-15)22-19(21-14-13-20(22)24)12-7-16-5-10-18(23)11-6-16/h1,3-12,23H,13-14H2. The van der Waals surface area contributed by atoms with Gasteiger partial charge in [0.15, 0.2) is 0 Å². The van der Waals surface area contributed by atoms with Gasteiger partial charge in [-0.25, -0.2) is 0 Å². The zero-order chi connectivity index (χ0) is 16.9. The Hall–Kier alpha value is -3.32. The summed E-state index contributed by atoms with van der Waals surface area (Å²) in [4.78, 5) is 18.4. The molecule has 2 aromatic carbocycles. The van der Waals surface area contributed by atoms with Crippen LogP contribution in [0, 0.1) is 12.3 Å². The summed E-state index contributed by atoms with van der Waals surface area (Å²) in [5.74, 6) is 3.37. The van der Waals surface area contributed by atoms with Gasteiger partial charge in [-0.2, -0.15) is 0 Å². The monoisotopic (exact) mass is 316 g/mol. The summed E-state index contributed by atoms with van der Waals surface area (Å²) in [7, 11) is 0. The lowest BCUT2D eigenvalue weighted by molar-refractivity contribution is -0.117. The summed E-state index contributed by atoms with van der Waals surface area (Å²) >= 11 is 0. The molecular formula is C20H16N2O2. The molecule has 0 saturated heterocycles. The fourth-order valence-corrected chi connectivity index (χ4v) is 2.44. The number of aliphatic imine (C=N–C) groups is 1. The highest BCUT2D eigenvalue weighted by Crippen LogP contribution is 2.20. The van der Waals surface area contributed by atoms with E-state index in [1.807, 2.05) is 18.2 Å². The molecule has 0 atom stereocenters. The van der Waals surface area contributed by atoms with E-state index in [4.69, 9.17) is 6.42 Å². The van der Waals surface area contributed by atoms with Gasteiger partial charge in [-0.1, -0.05) is 24.1 Å². The molecule has 0 aliphatic carbocycles. The maximum absolute atomic E-state index is 12.4. The van der Waals surface area contributed by atoms with E-state index in [9.17, 15) is 9.90 Å². The first-order valence-electron chi connectivity index (χ1n) is 7.58. The molecule has 2 aromatic rings. The molecule has 0 aromatic heterocycles. The highest BCUT2D eigenvalue weighted by molar-refractivity contribution is 6.23. The van der Waals surface area contributed by atoms with Crippen molar-refractivity contribution in [3.05, 3.63) is 65.7 Å². The van der Waals surface area contributed by atoms with Crippen molar-refractivity contribution in [3.8, 4) is 18.1 Å². The Morgan fingerprint density at radius 2 is 1.79 bits per heavy atom. The quantitative estimate of drug-likeness (QED) is 0.884. The maximum Gasteiger partial charge on any atom is 0.234 e. The Labute approximate surface area is 140 Å². The number of nitrogens with zero attached hydrogens (tertiary/aromatic N) is 2. The minimum atomic E-state index is 0.00353. The van der Waals surface area contributed by atoms with Crippen molar-refractivity contribution in [1.29, 1.82) is 0 Å². The number of phenols is 1. The number of amides is 1. The molecule has 1 amide bonds. The number of phenolic OH excluding ortho intramolecular Hbond substituents is 1. The molecular weight excluding hydrogens is 300 g/mol. The largest absolute Gasteiger partial charge is 0.508 e. The summed E-state index contributed by atoms with van der Waals surface area (Å²) in [6, 6.07) is 14.1. The molecule has 1 heterocycles. The zero-order valence-corrected chi connectivity index (χ0v) is 13.0. The van der Waals surface area contributed by atoms with E-state index >= 15 is 0 Å². The third kappa shape index (κ3) is 3.36. The molecule has 1 N–H and O–H groups in total. The van der Waals surface area contributed by atoms with E-state index in [0.29, 0.717) is 18.8 Å². The van der Waals surface area contributed by atoms with E-state index in [2.05, 4.69) is 10.9 Å². The van der Waals surface area contributed by atoms with Gasteiger partial charge in [0.05, 0.1) is 12.2 Å². The van der Waals surface area contributed by atoms with Gasteiger partial charge in [0, 0.05) is 12.0 Å². The summed E-state index contributed by atoms with van der Waals surface area (Å²) in [5.41, 5.74) is 2.42. The van der Waals surface area contributed by atoms with Crippen molar-refractivity contribution in [2.75, 3.05) is 11.4 Å². The Kier molecular flexibility index (Phi) is 4.44. The van der Waals surface area contributed by atoms with Crippen LogP contribution in [0.25, 0.3) is 6.08 Å². The smallest absolute Gasteiger partial charge is 0.234 e. The number of hydrogen-bond donors (Lipinski definition) is 1. The number of carbonyl (C=O) groups is 1. The Morgan fingerprint density at radius 1 is 1.08 bits per heavy atom. The predicted molar refractivity (Wildman–Crippen MR) is 95.9 cm³/mol. The van der Waals surface area contributed by atoms with Crippen LogP contribution in [-0.4, -0.2) is 23.4 Å². The van der Waals surface area contributed by atoms with Crippen LogP contribution >= 0.6 is 0 Å². The second-order valence-electron chi connectivity index (χ2n) is 5.34. The fourth-order valence-electron chi connectivity index (χ4n) is 2.44. The van der Waals surface area contributed by atoms with E-state index < -0.39 is 0 Å². The Morgan fingerprint density at radius 3 is 2.46 bits per heavy atom. The van der Waals surface area contributed by atoms with Gasteiger partial charge < -0.3 is 5.11 Å². The molecule has 0 saturated carbocycles. The molecule has 3 rings (SSSR count). The van der Waals surface area contributed by atoms with Gasteiger partial charge in [-0.15, -0.1) is 6.42 Å². The fraction of sp³-hybridized carbons (Fsp3) is 0.100. The number of benzene rings is 2. The highest BCUT2D eigenvalue weighted by atomic mass is 16.3. The van der Waals surface area contributed by atoms with Crippen LogP contribution in [-0.2, 0) is 4.79 Å². The van der Waals surface area contributed by atoms with Gasteiger partial charge in [0.1, 0.15) is 11.6 Å². The second-order valence-corrected chi connectivity index (χ2v) is 5.34. The third-order valence-electron chi connectivity index (χ3n) is 3.69. The minimum Gasteiger partial charge on any atom is -0.508 e. The molecule has 24 heavy (non-hydrogen) atoms. The molecule has 118 valence electrons. The highest BCUT2D eigenvalue weighted by Gasteiger charge is 2.23. The molecule has 0 unspecified atom stereocenters. The summed E-state index contributed by atoms with van der Waals surface area (Å²) < 4.78 is 0. The van der Waals surface area contributed by atoms with Gasteiger partial charge in [-0.3, -0.25) is 14.7 Å². The van der Waals surface area contributed by atoms with Crippen molar-refractivity contribution in [3.63, 3.8) is 0 Å². The van der Waals surface area contributed by atoms with Crippen molar-refractivity contribution >= 4 is 23.5 Å². The summed E-state index contributed by atoms with van der Waals surface area (Å²) in [6.45, 7) is 0.479. The molecule has 0 radical (unpaired) electrons. The lowest BCUT2D eigenvalue weighted by Gasteiger charge is -2.26. The van der Waals surface area contributed by atoms with Gasteiger partial charge >= 0.3 is 0 Å². The van der Waals surface area contributed by atoms with Gasteiger partial charge in [-0.05, 0) is 48.0 Å². The van der Waals surface area contributed by atoms with Gasteiger partial charge in [0.2, 0.25) is 5.91 Å². The maximum atomic E-state index is 12.4. The van der Waals surface area contributed by atoms with E-state index in [1.54, 1.807) is 47.4 Å². The van der Waals surface area contributed by atoms with E-state index in [1.165, 1.54) is 0 Å². The Bertz CT molecular complexity index is 841. The first kappa shape index (κ1) is 15.6. The first-order valence-corrected chi connectivity index (χ1v) is 7.58. The Balaban J connectivity index is 1.89. The summed E-state index contributed by atoms with van der Waals surface area (Å²) in [5, 5.41) is 9.33. The molecule has 4 heteroatoms. The summed E-state index contributed by atoms with van der Waals surface area (Å²) in [6.07, 6.45) is 9.42. The van der Waals surface area contributed by atoms with Crippen molar-refractivity contribution in [1.82, 2.24) is 0 Å². The number of aromatic hydroxyl groups is 1. The molecule has 0 fully saturated rings. The van der Waals surface area contributed by atoms with Crippen LogP contribution in [0.5, 0.6) is 5.75 Å². The van der Waals surface area contributed by atoms with Crippen LogP contribution in [0.1, 0.15) is 17.5 Å². The normalized spacial score (nSPS) is 14.5. The molecule has 1 aliphatic heterocycles. The minimum absolute atomic E-state index is 0.00353. The molecule has 1 aliphatic rings. The van der Waals surface area contributed by atoms with Crippen molar-refractivity contribution in [2.45, 2.75) is 6.42 Å². The number of carbonyl (C=O) groups excluding carboxylic acids is 1. The van der Waals surface area contributed by atoms with Crippen LogP contribution in [0.3, 0.4) is 0 Å². The molecule has 0 spiro atoms. The lowest BCUT2D eigenvalue weighted by atomic mass is 10.1. The molecule has 4 nitrogen and oxygen atoms in total. The van der Waals surface area contributed by atoms with Crippen molar-refractivity contribution < 1.29 is 9.90 Å². The predicted octanol–water partition coefficient (Wildman–Crippen LogP) is 3.22. The van der Waals surface area contributed by atoms with Gasteiger partial charge in [0.25, 0.3) is 0 Å².